The standard InChI is InChI=1S/C27H23F3N4O4/c1-14-2-3-15(10-23(14)35)25(36)32-17-4-6-18(7-5-17)34-26(37)20-11-16(28)13-31-24(20)33(27(34)38)19-8-9-21(29)22(30)12-19/h2-3,8-13,17-18,35H,4-7H2,1H3,(H,32,36)/t17-,18+. The lowest BCUT2D eigenvalue weighted by atomic mass is 9.90. The average Bonchev–Trinajstić information content (AvgIpc) is 2.89. The summed E-state index contributed by atoms with van der Waals surface area (Å²) in [6.45, 7) is 1.72. The number of aromatic hydroxyl groups is 1. The fraction of sp³-hybridized carbons (Fsp3) is 0.259. The van der Waals surface area contributed by atoms with Gasteiger partial charge >= 0.3 is 5.69 Å². The third-order valence-electron chi connectivity index (χ3n) is 6.92. The van der Waals surface area contributed by atoms with Crippen LogP contribution in [0.1, 0.15) is 47.6 Å². The minimum atomic E-state index is -1.19. The van der Waals surface area contributed by atoms with E-state index >= 15 is 0 Å². The van der Waals surface area contributed by atoms with E-state index < -0.39 is 34.7 Å². The molecule has 2 N–H and O–H groups in total. The first-order valence-corrected chi connectivity index (χ1v) is 12.0. The zero-order valence-electron chi connectivity index (χ0n) is 20.2. The van der Waals surface area contributed by atoms with Crippen molar-refractivity contribution in [1.29, 1.82) is 0 Å². The quantitative estimate of drug-likeness (QED) is 0.421. The van der Waals surface area contributed by atoms with Crippen LogP contribution in [0.4, 0.5) is 13.2 Å². The minimum absolute atomic E-state index is 0.0141. The molecule has 1 fully saturated rings. The molecule has 5 rings (SSSR count). The summed E-state index contributed by atoms with van der Waals surface area (Å²) < 4.78 is 43.6. The Hall–Kier alpha value is -4.41. The maximum Gasteiger partial charge on any atom is 0.337 e. The van der Waals surface area contributed by atoms with Crippen LogP contribution in [0.25, 0.3) is 16.7 Å². The molecule has 2 aromatic carbocycles. The molecule has 0 atom stereocenters. The number of amides is 1. The zero-order valence-corrected chi connectivity index (χ0v) is 20.2. The van der Waals surface area contributed by atoms with Crippen molar-refractivity contribution < 1.29 is 23.1 Å². The smallest absolute Gasteiger partial charge is 0.337 e. The number of phenolic OH excluding ortho intramolecular Hbond substituents is 1. The molecule has 0 bridgehead atoms. The first-order chi connectivity index (χ1) is 18.1. The molecule has 1 aliphatic rings. The molecule has 2 aromatic heterocycles. The highest BCUT2D eigenvalue weighted by molar-refractivity contribution is 5.94. The first kappa shape index (κ1) is 25.2. The molecule has 8 nitrogen and oxygen atoms in total. The van der Waals surface area contributed by atoms with E-state index in [-0.39, 0.29) is 34.4 Å². The number of rotatable bonds is 4. The number of pyridine rings is 1. The molecule has 4 aromatic rings. The SMILES string of the molecule is Cc1ccc(C(=O)N[C@H]2CC[C@@H](n3c(=O)c4cc(F)cnc4n(-c4ccc(F)c(F)c4)c3=O)CC2)cc1O. The van der Waals surface area contributed by atoms with Gasteiger partial charge in [-0.05, 0) is 68.5 Å². The van der Waals surface area contributed by atoms with Gasteiger partial charge in [-0.2, -0.15) is 0 Å². The van der Waals surface area contributed by atoms with Crippen molar-refractivity contribution in [3.63, 3.8) is 0 Å². The normalized spacial score (nSPS) is 17.5. The first-order valence-electron chi connectivity index (χ1n) is 12.0. The van der Waals surface area contributed by atoms with Crippen LogP contribution in [-0.2, 0) is 0 Å². The predicted molar refractivity (Wildman–Crippen MR) is 133 cm³/mol. The van der Waals surface area contributed by atoms with E-state index in [1.54, 1.807) is 19.1 Å². The number of halogens is 3. The number of fused-ring (bicyclic) bond motifs is 1. The highest BCUT2D eigenvalue weighted by atomic mass is 19.2. The Labute approximate surface area is 214 Å². The summed E-state index contributed by atoms with van der Waals surface area (Å²) in [4.78, 5) is 43.4. The fourth-order valence-electron chi connectivity index (χ4n) is 4.86. The summed E-state index contributed by atoms with van der Waals surface area (Å²) >= 11 is 0. The number of nitrogens with zero attached hydrogens (tertiary/aromatic N) is 3. The van der Waals surface area contributed by atoms with Crippen LogP contribution in [0.15, 0.2) is 58.3 Å². The monoisotopic (exact) mass is 524 g/mol. The van der Waals surface area contributed by atoms with E-state index in [0.717, 1.165) is 33.5 Å². The Morgan fingerprint density at radius 3 is 2.42 bits per heavy atom. The van der Waals surface area contributed by atoms with Gasteiger partial charge in [0.2, 0.25) is 0 Å². The van der Waals surface area contributed by atoms with Gasteiger partial charge in [-0.3, -0.25) is 14.2 Å². The van der Waals surface area contributed by atoms with Crippen molar-refractivity contribution >= 4 is 16.9 Å². The average molecular weight is 524 g/mol. The molecule has 0 saturated heterocycles. The lowest BCUT2D eigenvalue weighted by Crippen LogP contribution is -2.45. The van der Waals surface area contributed by atoms with Crippen molar-refractivity contribution in [2.45, 2.75) is 44.7 Å². The molecule has 0 aliphatic heterocycles. The predicted octanol–water partition coefficient (Wildman–Crippen LogP) is 3.89. The van der Waals surface area contributed by atoms with Crippen molar-refractivity contribution in [2.75, 3.05) is 0 Å². The topological polar surface area (TPSA) is 106 Å². The lowest BCUT2D eigenvalue weighted by molar-refractivity contribution is 0.0921. The van der Waals surface area contributed by atoms with Gasteiger partial charge in [-0.25, -0.2) is 27.5 Å². The molecule has 0 radical (unpaired) electrons. The second kappa shape index (κ2) is 9.81. The van der Waals surface area contributed by atoms with Crippen molar-refractivity contribution in [3.8, 4) is 11.4 Å². The molecule has 1 aliphatic carbocycles. The molecule has 0 unspecified atom stereocenters. The largest absolute Gasteiger partial charge is 0.508 e. The third kappa shape index (κ3) is 4.55. The van der Waals surface area contributed by atoms with Gasteiger partial charge in [0.1, 0.15) is 11.6 Å². The van der Waals surface area contributed by atoms with Crippen LogP contribution >= 0.6 is 0 Å². The number of carbonyl (C=O) groups excluding carboxylic acids is 1. The van der Waals surface area contributed by atoms with Crippen LogP contribution in [0.2, 0.25) is 0 Å². The number of aromatic nitrogens is 3. The van der Waals surface area contributed by atoms with Gasteiger partial charge in [0.15, 0.2) is 17.3 Å². The van der Waals surface area contributed by atoms with Crippen LogP contribution in [0.3, 0.4) is 0 Å². The van der Waals surface area contributed by atoms with Gasteiger partial charge in [-0.15, -0.1) is 0 Å². The molecule has 1 amide bonds. The minimum Gasteiger partial charge on any atom is -0.508 e. The highest BCUT2D eigenvalue weighted by Gasteiger charge is 2.28. The molecule has 0 spiro atoms. The molecule has 2 heterocycles. The fourth-order valence-corrected chi connectivity index (χ4v) is 4.86. The maximum absolute atomic E-state index is 14.0. The summed E-state index contributed by atoms with van der Waals surface area (Å²) in [6, 6.07) is 7.63. The van der Waals surface area contributed by atoms with E-state index in [2.05, 4.69) is 10.3 Å². The van der Waals surface area contributed by atoms with Crippen LogP contribution in [-0.4, -0.2) is 31.2 Å². The van der Waals surface area contributed by atoms with Crippen molar-refractivity contribution in [1.82, 2.24) is 19.4 Å². The Bertz CT molecular complexity index is 1690. The number of hydrogen-bond donors (Lipinski definition) is 2. The number of hydrogen-bond acceptors (Lipinski definition) is 5. The summed E-state index contributed by atoms with van der Waals surface area (Å²) in [6.07, 6.45) is 2.44. The van der Waals surface area contributed by atoms with E-state index in [1.807, 2.05) is 0 Å². The second-order valence-electron chi connectivity index (χ2n) is 9.40. The summed E-state index contributed by atoms with van der Waals surface area (Å²) in [5.41, 5.74) is -0.828. The zero-order chi connectivity index (χ0) is 27.1. The molecular weight excluding hydrogens is 501 g/mol. The van der Waals surface area contributed by atoms with E-state index in [0.29, 0.717) is 36.8 Å². The third-order valence-corrected chi connectivity index (χ3v) is 6.92. The lowest BCUT2D eigenvalue weighted by Gasteiger charge is -2.30. The van der Waals surface area contributed by atoms with Gasteiger partial charge in [0.25, 0.3) is 11.5 Å². The molecule has 38 heavy (non-hydrogen) atoms. The molecule has 196 valence electrons. The van der Waals surface area contributed by atoms with Crippen LogP contribution in [0.5, 0.6) is 5.75 Å². The summed E-state index contributed by atoms with van der Waals surface area (Å²) in [7, 11) is 0. The summed E-state index contributed by atoms with van der Waals surface area (Å²) in [5, 5.41) is 12.6. The number of benzene rings is 2. The van der Waals surface area contributed by atoms with Gasteiger partial charge in [0.05, 0.1) is 17.3 Å². The Morgan fingerprint density at radius 1 is 1.00 bits per heavy atom. The van der Waals surface area contributed by atoms with Gasteiger partial charge in [0, 0.05) is 23.7 Å². The van der Waals surface area contributed by atoms with Gasteiger partial charge in [-0.1, -0.05) is 6.07 Å². The second-order valence-corrected chi connectivity index (χ2v) is 9.40. The molecular formula is C27H23F3N4O4. The number of nitrogens with one attached hydrogen (secondary N) is 1. The Kier molecular flexibility index (Phi) is 6.52. The molecule has 11 heteroatoms. The van der Waals surface area contributed by atoms with Crippen molar-refractivity contribution in [3.05, 3.63) is 98.1 Å². The van der Waals surface area contributed by atoms with E-state index in [4.69, 9.17) is 0 Å². The number of phenols is 1. The highest BCUT2D eigenvalue weighted by Crippen LogP contribution is 2.28. The Morgan fingerprint density at radius 2 is 1.74 bits per heavy atom. The van der Waals surface area contributed by atoms with E-state index in [1.165, 1.54) is 12.1 Å². The van der Waals surface area contributed by atoms with Crippen molar-refractivity contribution in [2.24, 2.45) is 0 Å². The van der Waals surface area contributed by atoms with Crippen LogP contribution in [0, 0.1) is 24.4 Å². The van der Waals surface area contributed by atoms with E-state index in [9.17, 15) is 32.7 Å². The number of aryl methyl sites for hydroxylation is 1. The van der Waals surface area contributed by atoms with Crippen LogP contribution < -0.4 is 16.6 Å². The molecule has 1 saturated carbocycles. The Balaban J connectivity index is 1.46. The maximum atomic E-state index is 14.0. The number of carbonyl (C=O) groups is 1. The summed E-state index contributed by atoms with van der Waals surface area (Å²) in [5.74, 6) is -3.43. The van der Waals surface area contributed by atoms with Gasteiger partial charge < -0.3 is 10.4 Å².